The van der Waals surface area contributed by atoms with Gasteiger partial charge in [0.25, 0.3) is 0 Å². The highest BCUT2D eigenvalue weighted by atomic mass is 16.4. The van der Waals surface area contributed by atoms with E-state index >= 15 is 0 Å². The van der Waals surface area contributed by atoms with Crippen LogP contribution in [0.4, 0.5) is 0 Å². The summed E-state index contributed by atoms with van der Waals surface area (Å²) in [5.74, 6) is -7.47. The Labute approximate surface area is 287 Å². The monoisotopic (exact) mass is 674 g/mol. The molecule has 0 atom stereocenters. The summed E-state index contributed by atoms with van der Waals surface area (Å²) in [6, 6.07) is 33.0. The van der Waals surface area contributed by atoms with E-state index in [9.17, 15) is 40.9 Å². The molecule has 0 aliphatic rings. The number of rotatable bonds is 3. The van der Waals surface area contributed by atoms with Gasteiger partial charge in [0.15, 0.2) is 23.0 Å². The standard InChI is InChI=1S/C42H26O9/c43-35-31-29(23-12-6-11-20(15-23)19-7-2-1-3-8-19)32-34(38(46)42(50)40(48)36(32)44)30(33(31)37(45)41(49)39(35)47)24-13-14-27-25(17-24)26-16-21-9-4-5-10-22(21)18-28(26)51-27/h1-18,43-50H. The summed E-state index contributed by atoms with van der Waals surface area (Å²) in [4.78, 5) is 0. The van der Waals surface area contributed by atoms with Gasteiger partial charge >= 0.3 is 0 Å². The predicted octanol–water partition coefficient (Wildman–Crippen LogP) is 9.69. The molecule has 8 aromatic carbocycles. The van der Waals surface area contributed by atoms with Crippen molar-refractivity contribution in [3.63, 3.8) is 0 Å². The molecule has 9 aromatic rings. The molecule has 9 heteroatoms. The van der Waals surface area contributed by atoms with Crippen LogP contribution in [0.1, 0.15) is 0 Å². The van der Waals surface area contributed by atoms with E-state index in [1.54, 1.807) is 36.4 Å². The van der Waals surface area contributed by atoms with Crippen molar-refractivity contribution >= 4 is 54.3 Å². The number of hydrogen-bond donors (Lipinski definition) is 8. The Kier molecular flexibility index (Phi) is 6.21. The van der Waals surface area contributed by atoms with Gasteiger partial charge < -0.3 is 45.3 Å². The van der Waals surface area contributed by atoms with Crippen LogP contribution in [-0.4, -0.2) is 40.9 Å². The van der Waals surface area contributed by atoms with Crippen LogP contribution in [0.25, 0.3) is 87.6 Å². The van der Waals surface area contributed by atoms with Crippen molar-refractivity contribution < 1.29 is 45.3 Å². The average Bonchev–Trinajstić information content (AvgIpc) is 3.52. The Morgan fingerprint density at radius 2 is 0.765 bits per heavy atom. The van der Waals surface area contributed by atoms with Crippen LogP contribution in [0.15, 0.2) is 114 Å². The Bertz CT molecular complexity index is 2860. The smallest absolute Gasteiger partial charge is 0.204 e. The van der Waals surface area contributed by atoms with Crippen LogP contribution in [0.2, 0.25) is 0 Å². The molecule has 8 N–H and O–H groups in total. The van der Waals surface area contributed by atoms with Crippen LogP contribution < -0.4 is 0 Å². The van der Waals surface area contributed by atoms with Crippen molar-refractivity contribution in [3.8, 4) is 79.4 Å². The highest BCUT2D eigenvalue weighted by Crippen LogP contribution is 2.62. The summed E-state index contributed by atoms with van der Waals surface area (Å²) in [6.07, 6.45) is 0. The molecule has 1 aromatic heterocycles. The van der Waals surface area contributed by atoms with Gasteiger partial charge in [-0.3, -0.25) is 0 Å². The molecular formula is C42H26O9. The highest BCUT2D eigenvalue weighted by Gasteiger charge is 2.32. The Morgan fingerprint density at radius 3 is 1.33 bits per heavy atom. The van der Waals surface area contributed by atoms with Crippen molar-refractivity contribution in [1.29, 1.82) is 0 Å². The van der Waals surface area contributed by atoms with Crippen molar-refractivity contribution in [3.05, 3.63) is 109 Å². The molecule has 0 fully saturated rings. The number of phenolic OH excluding ortho intramolecular Hbond substituents is 8. The number of phenols is 8. The SMILES string of the molecule is Oc1c(O)c(O)c2c(-c3ccc4oc5cc6ccccc6cc5c4c3)c3c(O)c(O)c(O)c(O)c3c(-c3cccc(-c4ccccc4)c3)c2c1O. The van der Waals surface area contributed by atoms with Gasteiger partial charge in [0.1, 0.15) is 11.2 Å². The lowest BCUT2D eigenvalue weighted by Crippen LogP contribution is -1.95. The number of aromatic hydroxyl groups is 8. The van der Waals surface area contributed by atoms with E-state index in [0.29, 0.717) is 27.7 Å². The maximum atomic E-state index is 11.6. The molecule has 0 bridgehead atoms. The molecule has 0 spiro atoms. The lowest BCUT2D eigenvalue weighted by atomic mass is 9.83. The topological polar surface area (TPSA) is 175 Å². The molecule has 0 amide bonds. The minimum absolute atomic E-state index is 0.0194. The quantitative estimate of drug-likeness (QED) is 0.0515. The highest BCUT2D eigenvalue weighted by molar-refractivity contribution is 6.29. The third-order valence-corrected chi connectivity index (χ3v) is 9.68. The van der Waals surface area contributed by atoms with Crippen LogP contribution >= 0.6 is 0 Å². The molecule has 1 heterocycles. The first-order chi connectivity index (χ1) is 24.6. The van der Waals surface area contributed by atoms with Crippen molar-refractivity contribution in [2.75, 3.05) is 0 Å². The lowest BCUT2D eigenvalue weighted by molar-refractivity contribution is 0.350. The van der Waals surface area contributed by atoms with Crippen molar-refractivity contribution in [2.45, 2.75) is 0 Å². The Morgan fingerprint density at radius 1 is 0.314 bits per heavy atom. The van der Waals surface area contributed by atoms with E-state index in [1.807, 2.05) is 72.8 Å². The first-order valence-corrected chi connectivity index (χ1v) is 15.9. The summed E-state index contributed by atoms with van der Waals surface area (Å²) in [5.41, 5.74) is 3.26. The zero-order valence-corrected chi connectivity index (χ0v) is 26.4. The van der Waals surface area contributed by atoms with Crippen LogP contribution in [0, 0.1) is 0 Å². The van der Waals surface area contributed by atoms with Gasteiger partial charge in [-0.15, -0.1) is 0 Å². The van der Waals surface area contributed by atoms with Crippen LogP contribution in [-0.2, 0) is 0 Å². The summed E-state index contributed by atoms with van der Waals surface area (Å²) < 4.78 is 6.18. The number of furan rings is 1. The molecule has 0 aliphatic heterocycles. The maximum Gasteiger partial charge on any atom is 0.204 e. The third-order valence-electron chi connectivity index (χ3n) is 9.68. The second kappa shape index (κ2) is 10.6. The minimum Gasteiger partial charge on any atom is -0.504 e. The molecular weight excluding hydrogens is 648 g/mol. The first kappa shape index (κ1) is 29.8. The van der Waals surface area contributed by atoms with Crippen LogP contribution in [0.3, 0.4) is 0 Å². The second-order valence-corrected chi connectivity index (χ2v) is 12.5. The van der Waals surface area contributed by atoms with E-state index in [2.05, 4.69) is 0 Å². The zero-order valence-electron chi connectivity index (χ0n) is 26.4. The number of benzene rings is 8. The van der Waals surface area contributed by atoms with Crippen molar-refractivity contribution in [1.82, 2.24) is 0 Å². The van der Waals surface area contributed by atoms with E-state index < -0.39 is 46.0 Å². The van der Waals surface area contributed by atoms with Gasteiger partial charge in [0, 0.05) is 43.4 Å². The molecule has 9 nitrogen and oxygen atoms in total. The fraction of sp³-hybridized carbons (Fsp3) is 0. The minimum atomic E-state index is -1.03. The predicted molar refractivity (Wildman–Crippen MR) is 196 cm³/mol. The second-order valence-electron chi connectivity index (χ2n) is 12.5. The molecule has 0 saturated carbocycles. The fourth-order valence-electron chi connectivity index (χ4n) is 7.30. The van der Waals surface area contributed by atoms with Crippen LogP contribution in [0.5, 0.6) is 46.0 Å². The molecule has 51 heavy (non-hydrogen) atoms. The first-order valence-electron chi connectivity index (χ1n) is 15.9. The lowest BCUT2D eigenvalue weighted by Gasteiger charge is -2.22. The largest absolute Gasteiger partial charge is 0.504 e. The van der Waals surface area contributed by atoms with Gasteiger partial charge in [0.05, 0.1) is 0 Å². The summed E-state index contributed by atoms with van der Waals surface area (Å²) in [6.45, 7) is 0. The van der Waals surface area contributed by atoms with E-state index in [1.165, 1.54) is 0 Å². The fourth-order valence-corrected chi connectivity index (χ4v) is 7.30. The maximum absolute atomic E-state index is 11.6. The van der Waals surface area contributed by atoms with Gasteiger partial charge in [-0.1, -0.05) is 78.9 Å². The molecule has 0 unspecified atom stereocenters. The van der Waals surface area contributed by atoms with E-state index in [4.69, 9.17) is 4.42 Å². The Balaban J connectivity index is 1.48. The molecule has 0 radical (unpaired) electrons. The van der Waals surface area contributed by atoms with Gasteiger partial charge in [-0.05, 0) is 63.4 Å². The zero-order chi connectivity index (χ0) is 35.3. The van der Waals surface area contributed by atoms with Crippen molar-refractivity contribution in [2.24, 2.45) is 0 Å². The van der Waals surface area contributed by atoms with E-state index in [-0.39, 0.29) is 32.7 Å². The molecule has 0 aliphatic carbocycles. The Hall–Kier alpha value is -7.26. The van der Waals surface area contributed by atoms with Gasteiger partial charge in [-0.25, -0.2) is 0 Å². The molecule has 9 rings (SSSR count). The van der Waals surface area contributed by atoms with Gasteiger partial charge in [0.2, 0.25) is 23.0 Å². The summed E-state index contributed by atoms with van der Waals surface area (Å²) >= 11 is 0. The normalized spacial score (nSPS) is 11.8. The average molecular weight is 675 g/mol. The molecule has 0 saturated heterocycles. The van der Waals surface area contributed by atoms with E-state index in [0.717, 1.165) is 27.3 Å². The summed E-state index contributed by atoms with van der Waals surface area (Å²) in [7, 11) is 0. The molecule has 248 valence electrons. The number of fused-ring (bicyclic) bond motifs is 6. The van der Waals surface area contributed by atoms with Gasteiger partial charge in [-0.2, -0.15) is 0 Å². The summed E-state index contributed by atoms with van der Waals surface area (Å²) in [5, 5.41) is 92.5. The number of hydrogen-bond acceptors (Lipinski definition) is 9. The third kappa shape index (κ3) is 4.15.